The maximum atomic E-state index is 13.9. The summed E-state index contributed by atoms with van der Waals surface area (Å²) >= 11 is 0. The van der Waals surface area contributed by atoms with Crippen LogP contribution in [-0.4, -0.2) is 70.6 Å². The smallest absolute Gasteiger partial charge is 0.387 e. The van der Waals surface area contributed by atoms with Crippen LogP contribution < -0.4 is 5.73 Å². The van der Waals surface area contributed by atoms with Gasteiger partial charge < -0.3 is 25.6 Å². The lowest BCUT2D eigenvalue weighted by atomic mass is 9.96. The molecule has 0 saturated carbocycles. The molecule has 178 valence electrons. The fourth-order valence-corrected chi connectivity index (χ4v) is 5.72. The Labute approximate surface area is 178 Å². The lowest BCUT2D eigenvalue weighted by Crippen LogP contribution is -2.48. The summed E-state index contributed by atoms with van der Waals surface area (Å²) in [6, 6.07) is 2.88. The van der Waals surface area contributed by atoms with Crippen molar-refractivity contribution in [3.8, 4) is 0 Å². The van der Waals surface area contributed by atoms with Gasteiger partial charge in [-0.15, -0.1) is 4.89 Å². The second-order valence-electron chi connectivity index (χ2n) is 6.48. The van der Waals surface area contributed by atoms with Gasteiger partial charge >= 0.3 is 23.9 Å². The molecule has 0 amide bonds. The van der Waals surface area contributed by atoms with E-state index in [1.807, 2.05) is 0 Å². The minimum Gasteiger partial charge on any atom is -0.387 e. The van der Waals surface area contributed by atoms with Crippen LogP contribution in [0.1, 0.15) is 11.8 Å². The highest BCUT2D eigenvalue weighted by Crippen LogP contribution is 2.63. The van der Waals surface area contributed by atoms with Crippen LogP contribution in [0.4, 0.5) is 10.2 Å². The minimum atomic E-state index is -5.52. The maximum absolute atomic E-state index is 13.9. The molecule has 0 aliphatic carbocycles. The summed E-state index contributed by atoms with van der Waals surface area (Å²) < 4.78 is 66.1. The van der Waals surface area contributed by atoms with E-state index in [4.69, 9.17) is 20.3 Å². The van der Waals surface area contributed by atoms with E-state index in [0.717, 1.165) is 6.33 Å². The van der Waals surface area contributed by atoms with Crippen LogP contribution in [0.2, 0.25) is 0 Å². The van der Waals surface area contributed by atoms with Crippen LogP contribution in [0.5, 0.6) is 0 Å². The standard InChI is InChI=1S/C12H16FN4O12P3/c13-3-12(4-26-31(22,23)29-32(24,25)28-30(20)21)10(19)8(18)9(27-12)6-1-2-7-11(14)15-5-16-17(6)7/h1-2,5,8-10,18-19H,3-4H2,(H4-,14,15,16,20,21,22,23,24,25)/p+1/t8-,9-,10-,12+/m0/s1. The third kappa shape index (κ3) is 5.04. The number of alkyl halides is 1. The summed E-state index contributed by atoms with van der Waals surface area (Å²) in [5.41, 5.74) is 3.74. The molecule has 2 aromatic rings. The zero-order valence-corrected chi connectivity index (χ0v) is 18.3. The van der Waals surface area contributed by atoms with Crippen molar-refractivity contribution in [2.75, 3.05) is 19.0 Å². The van der Waals surface area contributed by atoms with Crippen molar-refractivity contribution in [3.05, 3.63) is 24.2 Å². The number of aromatic nitrogens is 3. The number of phosphoric ester groups is 1. The third-order valence-corrected chi connectivity index (χ3v) is 7.91. The summed E-state index contributed by atoms with van der Waals surface area (Å²) in [5.74, 6) is 0.0815. The van der Waals surface area contributed by atoms with E-state index in [1.165, 1.54) is 16.6 Å². The first-order chi connectivity index (χ1) is 14.8. The SMILES string of the molecule is Nc1ncnn2c([C@@H]3O[C@](CF)(COP(=O)(O)OP(=O)(O)O[P+](=O)O)[C@@H](O)[C@H]3O)ccc12. The molecule has 0 radical (unpaired) electrons. The van der Waals surface area contributed by atoms with Gasteiger partial charge in [0.15, 0.2) is 5.82 Å². The maximum Gasteiger partial charge on any atom is 0.705 e. The van der Waals surface area contributed by atoms with Crippen molar-refractivity contribution in [1.29, 1.82) is 0 Å². The number of aliphatic hydroxyl groups excluding tert-OH is 2. The summed E-state index contributed by atoms with van der Waals surface area (Å²) in [7, 11) is -14.7. The first-order valence-corrected chi connectivity index (χ1v) is 12.5. The Bertz CT molecular complexity index is 1120. The highest BCUT2D eigenvalue weighted by Gasteiger charge is 2.57. The molecule has 3 rings (SSSR count). The number of ether oxygens (including phenoxy) is 1. The number of rotatable bonds is 9. The molecule has 3 unspecified atom stereocenters. The van der Waals surface area contributed by atoms with Gasteiger partial charge in [0.05, 0.1) is 12.3 Å². The molecule has 20 heteroatoms. The van der Waals surface area contributed by atoms with Gasteiger partial charge in [0, 0.05) is 4.57 Å². The molecule has 3 heterocycles. The average Bonchev–Trinajstić information content (AvgIpc) is 3.20. The second-order valence-corrected chi connectivity index (χ2v) is 10.4. The second kappa shape index (κ2) is 9.06. The molecule has 7 N–H and O–H groups in total. The lowest BCUT2D eigenvalue weighted by Gasteiger charge is -2.29. The molecule has 0 aromatic carbocycles. The first kappa shape index (κ1) is 25.2. The molecule has 0 bridgehead atoms. The predicted octanol–water partition coefficient (Wildman–Crippen LogP) is -0.287. The third-order valence-electron chi connectivity index (χ3n) is 4.41. The van der Waals surface area contributed by atoms with Crippen molar-refractivity contribution in [3.63, 3.8) is 0 Å². The molecule has 1 aliphatic rings. The van der Waals surface area contributed by atoms with E-state index < -0.39 is 61.1 Å². The summed E-state index contributed by atoms with van der Waals surface area (Å²) in [6.45, 7) is -2.80. The first-order valence-electron chi connectivity index (χ1n) is 8.36. The summed E-state index contributed by atoms with van der Waals surface area (Å²) in [4.78, 5) is 31.0. The molecule has 32 heavy (non-hydrogen) atoms. The molecule has 1 saturated heterocycles. The van der Waals surface area contributed by atoms with Crippen LogP contribution in [-0.2, 0) is 31.6 Å². The Balaban J connectivity index is 1.81. The Hall–Kier alpha value is -1.45. The highest BCUT2D eigenvalue weighted by molar-refractivity contribution is 7.64. The van der Waals surface area contributed by atoms with Gasteiger partial charge in [0.2, 0.25) is 0 Å². The number of anilines is 1. The van der Waals surface area contributed by atoms with E-state index in [2.05, 4.69) is 23.2 Å². The molecule has 0 spiro atoms. The number of fused-ring (bicyclic) bond motifs is 1. The number of hydrogen-bond acceptors (Lipinski definition) is 12. The van der Waals surface area contributed by atoms with Crippen molar-refractivity contribution >= 4 is 35.2 Å². The number of hydrogen-bond donors (Lipinski definition) is 6. The van der Waals surface area contributed by atoms with E-state index in [9.17, 15) is 33.2 Å². The largest absolute Gasteiger partial charge is 0.705 e. The number of nitrogen functional groups attached to an aromatic ring is 1. The van der Waals surface area contributed by atoms with Crippen LogP contribution in [0.3, 0.4) is 0 Å². The monoisotopic (exact) mass is 521 g/mol. The Morgan fingerprint density at radius 1 is 1.31 bits per heavy atom. The van der Waals surface area contributed by atoms with Crippen LogP contribution in [0, 0.1) is 0 Å². The van der Waals surface area contributed by atoms with Crippen molar-refractivity contribution < 1.29 is 60.9 Å². The van der Waals surface area contributed by atoms with Gasteiger partial charge in [-0.05, 0) is 16.4 Å². The Kier molecular flexibility index (Phi) is 7.13. The van der Waals surface area contributed by atoms with Gasteiger partial charge in [-0.25, -0.2) is 23.0 Å². The van der Waals surface area contributed by atoms with Gasteiger partial charge in [0.25, 0.3) is 0 Å². The molecular formula is C12H17FN4O12P3+. The fraction of sp³-hybridized carbons (Fsp3) is 0.500. The molecule has 1 fully saturated rings. The molecule has 7 atom stereocenters. The lowest BCUT2D eigenvalue weighted by molar-refractivity contribution is -0.121. The molecular weight excluding hydrogens is 504 g/mol. The van der Waals surface area contributed by atoms with E-state index in [0.29, 0.717) is 5.52 Å². The van der Waals surface area contributed by atoms with E-state index >= 15 is 0 Å². The minimum absolute atomic E-state index is 0.0815. The highest BCUT2D eigenvalue weighted by atomic mass is 31.3. The zero-order valence-electron chi connectivity index (χ0n) is 15.6. The van der Waals surface area contributed by atoms with Crippen LogP contribution in [0.25, 0.3) is 5.52 Å². The number of aliphatic hydroxyl groups is 2. The predicted molar refractivity (Wildman–Crippen MR) is 99.5 cm³/mol. The molecule has 1 aliphatic heterocycles. The van der Waals surface area contributed by atoms with Crippen molar-refractivity contribution in [1.82, 2.24) is 14.6 Å². The van der Waals surface area contributed by atoms with Gasteiger partial charge in [0.1, 0.15) is 42.4 Å². The number of nitrogens with zero attached hydrogens (tertiary/aromatic N) is 3. The van der Waals surface area contributed by atoms with Gasteiger partial charge in [-0.1, -0.05) is 0 Å². The zero-order chi connectivity index (χ0) is 23.9. The van der Waals surface area contributed by atoms with Crippen molar-refractivity contribution in [2.45, 2.75) is 23.9 Å². The topological polar surface area (TPSA) is 245 Å². The van der Waals surface area contributed by atoms with E-state index in [-0.39, 0.29) is 11.5 Å². The summed E-state index contributed by atoms with van der Waals surface area (Å²) in [6.07, 6.45) is -4.09. The van der Waals surface area contributed by atoms with Crippen molar-refractivity contribution in [2.24, 2.45) is 0 Å². The van der Waals surface area contributed by atoms with Crippen LogP contribution in [0.15, 0.2) is 18.5 Å². The quantitative estimate of drug-likeness (QED) is 0.232. The number of phosphoric acid groups is 2. The van der Waals surface area contributed by atoms with E-state index in [1.54, 1.807) is 0 Å². The van der Waals surface area contributed by atoms with Gasteiger partial charge in [-0.3, -0.25) is 9.42 Å². The Morgan fingerprint density at radius 3 is 2.62 bits per heavy atom. The normalized spacial score (nSPS) is 30.2. The number of nitrogens with two attached hydrogens (primary N) is 1. The van der Waals surface area contributed by atoms with Crippen LogP contribution >= 0.6 is 23.9 Å². The molecule has 16 nitrogen and oxygen atoms in total. The fourth-order valence-electron chi connectivity index (χ4n) is 3.01. The summed E-state index contributed by atoms with van der Waals surface area (Å²) in [5, 5.41) is 24.7. The number of halogens is 1. The average molecular weight is 521 g/mol. The Morgan fingerprint density at radius 2 is 2.00 bits per heavy atom. The van der Waals surface area contributed by atoms with Gasteiger partial charge in [-0.2, -0.15) is 9.41 Å². The molecule has 2 aromatic heterocycles.